The average molecular weight is 263 g/mol. The first-order valence-electron chi connectivity index (χ1n) is 8.12. The molecule has 1 saturated heterocycles. The summed E-state index contributed by atoms with van der Waals surface area (Å²) in [5.41, 5.74) is 3.00. The number of piperidine rings is 1. The van der Waals surface area contributed by atoms with Gasteiger partial charge in [0.1, 0.15) is 0 Å². The van der Waals surface area contributed by atoms with E-state index in [4.69, 9.17) is 0 Å². The van der Waals surface area contributed by atoms with Gasteiger partial charge < -0.3 is 4.90 Å². The highest BCUT2D eigenvalue weighted by atomic mass is 15.1. The molecule has 1 aliphatic heterocycles. The molecule has 19 heavy (non-hydrogen) atoms. The third-order valence-corrected chi connectivity index (χ3v) is 4.18. The minimum absolute atomic E-state index is 0.766. The average Bonchev–Trinajstić information content (AvgIpc) is 2.39. The quantitative estimate of drug-likeness (QED) is 0.561. The van der Waals surface area contributed by atoms with Crippen LogP contribution in [-0.4, -0.2) is 24.0 Å². The van der Waals surface area contributed by atoms with E-state index < -0.39 is 0 Å². The van der Waals surface area contributed by atoms with Crippen LogP contribution in [0.5, 0.6) is 0 Å². The monoisotopic (exact) mass is 263 g/mol. The second-order valence-electron chi connectivity index (χ2n) is 6.39. The lowest BCUT2D eigenvalue weighted by atomic mass is 10.0. The summed E-state index contributed by atoms with van der Waals surface area (Å²) in [6.07, 6.45) is 14.0. The molecule has 1 heteroatoms. The van der Waals surface area contributed by atoms with Gasteiger partial charge in [0.2, 0.25) is 0 Å². The molecule has 110 valence electrons. The predicted octanol–water partition coefficient (Wildman–Crippen LogP) is 5.33. The molecule has 1 atom stereocenters. The highest BCUT2D eigenvalue weighted by molar-refractivity contribution is 5.02. The Morgan fingerprint density at radius 1 is 1.00 bits per heavy atom. The summed E-state index contributed by atoms with van der Waals surface area (Å²) in [6.45, 7) is 11.7. The van der Waals surface area contributed by atoms with E-state index >= 15 is 0 Å². The second kappa shape index (κ2) is 9.36. The van der Waals surface area contributed by atoms with E-state index in [-0.39, 0.29) is 0 Å². The van der Waals surface area contributed by atoms with E-state index in [0.29, 0.717) is 0 Å². The first-order valence-corrected chi connectivity index (χ1v) is 8.12. The highest BCUT2D eigenvalue weighted by Gasteiger charge is 2.15. The van der Waals surface area contributed by atoms with Gasteiger partial charge in [-0.05, 0) is 79.3 Å². The molecule has 1 unspecified atom stereocenters. The molecule has 0 aromatic heterocycles. The zero-order valence-electron chi connectivity index (χ0n) is 13.5. The van der Waals surface area contributed by atoms with Crippen LogP contribution in [-0.2, 0) is 0 Å². The number of allylic oxidation sites excluding steroid dienone is 4. The van der Waals surface area contributed by atoms with Gasteiger partial charge in [0.15, 0.2) is 0 Å². The van der Waals surface area contributed by atoms with Crippen LogP contribution in [0.3, 0.4) is 0 Å². The summed E-state index contributed by atoms with van der Waals surface area (Å²) < 4.78 is 0. The SMILES string of the molecule is CC(C)=CCC/C(C)=C/CCC(C)N1CCCCC1. The summed E-state index contributed by atoms with van der Waals surface area (Å²) in [7, 11) is 0. The van der Waals surface area contributed by atoms with Crippen molar-refractivity contribution in [3.05, 3.63) is 23.3 Å². The molecule has 0 spiro atoms. The van der Waals surface area contributed by atoms with Crippen molar-refractivity contribution in [2.24, 2.45) is 0 Å². The van der Waals surface area contributed by atoms with Crippen molar-refractivity contribution >= 4 is 0 Å². The van der Waals surface area contributed by atoms with Crippen molar-refractivity contribution in [1.29, 1.82) is 0 Å². The Morgan fingerprint density at radius 2 is 1.68 bits per heavy atom. The molecule has 1 fully saturated rings. The van der Waals surface area contributed by atoms with Crippen LogP contribution in [0.15, 0.2) is 23.3 Å². The topological polar surface area (TPSA) is 3.24 Å². The second-order valence-corrected chi connectivity index (χ2v) is 6.39. The standard InChI is InChI=1S/C18H33N/c1-16(2)10-8-11-17(3)12-9-13-18(4)19-14-6-5-7-15-19/h10,12,18H,5-9,11,13-15H2,1-4H3/b17-12+. The van der Waals surface area contributed by atoms with Crippen molar-refractivity contribution in [2.45, 2.75) is 78.7 Å². The molecule has 1 rings (SSSR count). The molecule has 1 aliphatic rings. The maximum Gasteiger partial charge on any atom is 0.00698 e. The van der Waals surface area contributed by atoms with E-state index in [1.165, 1.54) is 63.6 Å². The van der Waals surface area contributed by atoms with Crippen molar-refractivity contribution in [1.82, 2.24) is 4.90 Å². The molecule has 0 aromatic rings. The summed E-state index contributed by atoms with van der Waals surface area (Å²) in [5, 5.41) is 0. The van der Waals surface area contributed by atoms with Gasteiger partial charge in [0.25, 0.3) is 0 Å². The number of nitrogens with zero attached hydrogens (tertiary/aromatic N) is 1. The third kappa shape index (κ3) is 7.57. The fourth-order valence-electron chi connectivity index (χ4n) is 2.80. The van der Waals surface area contributed by atoms with Crippen molar-refractivity contribution in [2.75, 3.05) is 13.1 Å². The van der Waals surface area contributed by atoms with E-state index in [0.717, 1.165) is 6.04 Å². The van der Waals surface area contributed by atoms with Gasteiger partial charge in [-0.2, -0.15) is 0 Å². The van der Waals surface area contributed by atoms with Crippen LogP contribution in [0.4, 0.5) is 0 Å². The molecular weight excluding hydrogens is 230 g/mol. The van der Waals surface area contributed by atoms with Crippen LogP contribution >= 0.6 is 0 Å². The lowest BCUT2D eigenvalue weighted by Gasteiger charge is -2.32. The molecule has 0 amide bonds. The fourth-order valence-corrected chi connectivity index (χ4v) is 2.80. The minimum Gasteiger partial charge on any atom is -0.301 e. The number of likely N-dealkylation sites (tertiary alicyclic amines) is 1. The van der Waals surface area contributed by atoms with E-state index in [1.807, 2.05) is 0 Å². The van der Waals surface area contributed by atoms with Gasteiger partial charge in [-0.15, -0.1) is 0 Å². The van der Waals surface area contributed by atoms with E-state index in [2.05, 4.69) is 44.7 Å². The van der Waals surface area contributed by atoms with E-state index in [1.54, 1.807) is 5.57 Å². The Labute approximate surface area is 120 Å². The predicted molar refractivity (Wildman–Crippen MR) is 86.5 cm³/mol. The lowest BCUT2D eigenvalue weighted by molar-refractivity contribution is 0.167. The van der Waals surface area contributed by atoms with Gasteiger partial charge in [0.05, 0.1) is 0 Å². The summed E-state index contributed by atoms with van der Waals surface area (Å²) in [5.74, 6) is 0. The zero-order valence-corrected chi connectivity index (χ0v) is 13.5. The van der Waals surface area contributed by atoms with Crippen LogP contribution in [0.2, 0.25) is 0 Å². The number of hydrogen-bond acceptors (Lipinski definition) is 1. The van der Waals surface area contributed by atoms with Crippen molar-refractivity contribution < 1.29 is 0 Å². The van der Waals surface area contributed by atoms with Crippen LogP contribution < -0.4 is 0 Å². The highest BCUT2D eigenvalue weighted by Crippen LogP contribution is 2.16. The summed E-state index contributed by atoms with van der Waals surface area (Å²) >= 11 is 0. The van der Waals surface area contributed by atoms with Gasteiger partial charge in [-0.25, -0.2) is 0 Å². The summed E-state index contributed by atoms with van der Waals surface area (Å²) in [4.78, 5) is 2.68. The maximum atomic E-state index is 2.68. The lowest BCUT2D eigenvalue weighted by Crippen LogP contribution is -2.37. The molecule has 0 saturated carbocycles. The molecular formula is C18H33N. The Kier molecular flexibility index (Phi) is 8.13. The molecule has 1 nitrogen and oxygen atoms in total. The molecule has 0 bridgehead atoms. The first-order chi connectivity index (χ1) is 9.09. The Bertz CT molecular complexity index is 291. The zero-order chi connectivity index (χ0) is 14.1. The van der Waals surface area contributed by atoms with Crippen LogP contribution in [0.1, 0.15) is 72.6 Å². The van der Waals surface area contributed by atoms with Gasteiger partial charge >= 0.3 is 0 Å². The Hall–Kier alpha value is -0.560. The number of hydrogen-bond donors (Lipinski definition) is 0. The molecule has 0 aliphatic carbocycles. The van der Waals surface area contributed by atoms with Crippen LogP contribution in [0, 0.1) is 0 Å². The normalized spacial score (nSPS) is 19.3. The van der Waals surface area contributed by atoms with Gasteiger partial charge in [-0.3, -0.25) is 0 Å². The van der Waals surface area contributed by atoms with Gasteiger partial charge in [-0.1, -0.05) is 29.7 Å². The summed E-state index contributed by atoms with van der Waals surface area (Å²) in [6, 6.07) is 0.766. The maximum absolute atomic E-state index is 2.68. The Morgan fingerprint density at radius 3 is 2.32 bits per heavy atom. The molecule has 1 heterocycles. The third-order valence-electron chi connectivity index (χ3n) is 4.18. The molecule has 0 N–H and O–H groups in total. The molecule has 0 aromatic carbocycles. The minimum atomic E-state index is 0.766. The van der Waals surface area contributed by atoms with E-state index in [9.17, 15) is 0 Å². The largest absolute Gasteiger partial charge is 0.301 e. The molecule has 0 radical (unpaired) electrons. The first kappa shape index (κ1) is 16.5. The van der Waals surface area contributed by atoms with Crippen molar-refractivity contribution in [3.63, 3.8) is 0 Å². The van der Waals surface area contributed by atoms with Crippen LogP contribution in [0.25, 0.3) is 0 Å². The smallest absolute Gasteiger partial charge is 0.00698 e. The fraction of sp³-hybridized carbons (Fsp3) is 0.778. The van der Waals surface area contributed by atoms with Gasteiger partial charge in [0, 0.05) is 6.04 Å². The Balaban J connectivity index is 2.18. The van der Waals surface area contributed by atoms with Crippen molar-refractivity contribution in [3.8, 4) is 0 Å². The number of rotatable bonds is 7.